The van der Waals surface area contributed by atoms with Gasteiger partial charge in [0.2, 0.25) is 0 Å². The van der Waals surface area contributed by atoms with Gasteiger partial charge in [-0.05, 0) is 25.1 Å². The summed E-state index contributed by atoms with van der Waals surface area (Å²) in [7, 11) is 0. The molecule has 70 valence electrons. The Morgan fingerprint density at radius 3 is 2.46 bits per heavy atom. The smallest absolute Gasteiger partial charge is 0.181 e. The molecule has 0 aromatic heterocycles. The van der Waals surface area contributed by atoms with Crippen LogP contribution in [0, 0.1) is 0 Å². The molecule has 1 nitrogen and oxygen atoms in total. The SMILES string of the molecule is CC(Cl)C(=O)c1ccc(Cl)cc1Cl. The summed E-state index contributed by atoms with van der Waals surface area (Å²) in [6.07, 6.45) is 0. The number of Topliss-reactive ketones (excluding diaryl/α,β-unsaturated/α-hetero) is 1. The molecule has 1 atom stereocenters. The molecule has 1 rings (SSSR count). The predicted octanol–water partition coefficient (Wildman–Crippen LogP) is 3.80. The van der Waals surface area contributed by atoms with Gasteiger partial charge >= 0.3 is 0 Å². The monoisotopic (exact) mass is 236 g/mol. The van der Waals surface area contributed by atoms with Crippen molar-refractivity contribution in [1.82, 2.24) is 0 Å². The summed E-state index contributed by atoms with van der Waals surface area (Å²) < 4.78 is 0. The van der Waals surface area contributed by atoms with E-state index in [0.717, 1.165) is 0 Å². The molecule has 1 aromatic rings. The van der Waals surface area contributed by atoms with Gasteiger partial charge in [-0.1, -0.05) is 23.2 Å². The molecule has 0 bridgehead atoms. The van der Waals surface area contributed by atoms with Crippen LogP contribution in [0.15, 0.2) is 18.2 Å². The molecule has 0 aliphatic heterocycles. The summed E-state index contributed by atoms with van der Waals surface area (Å²) in [5.74, 6) is -0.191. The van der Waals surface area contributed by atoms with Crippen molar-refractivity contribution in [1.29, 1.82) is 0 Å². The van der Waals surface area contributed by atoms with E-state index in [9.17, 15) is 4.79 Å². The van der Waals surface area contributed by atoms with Gasteiger partial charge < -0.3 is 0 Å². The van der Waals surface area contributed by atoms with Crippen LogP contribution in [0.5, 0.6) is 0 Å². The lowest BCUT2D eigenvalue weighted by atomic mass is 10.1. The Balaban J connectivity index is 3.09. The first kappa shape index (κ1) is 10.8. The van der Waals surface area contributed by atoms with Crippen molar-refractivity contribution in [2.45, 2.75) is 12.3 Å². The van der Waals surface area contributed by atoms with Crippen LogP contribution in [0.1, 0.15) is 17.3 Å². The zero-order chi connectivity index (χ0) is 10.0. The molecule has 0 spiro atoms. The Morgan fingerprint density at radius 1 is 1.38 bits per heavy atom. The van der Waals surface area contributed by atoms with E-state index in [1.165, 1.54) is 6.07 Å². The Kier molecular flexibility index (Phi) is 3.60. The normalized spacial score (nSPS) is 12.6. The fourth-order valence-electron chi connectivity index (χ4n) is 0.904. The largest absolute Gasteiger partial charge is 0.292 e. The molecular formula is C9H7Cl3O. The molecular weight excluding hydrogens is 230 g/mol. The second-order valence-corrected chi connectivity index (χ2v) is 4.10. The molecule has 0 saturated heterocycles. The minimum Gasteiger partial charge on any atom is -0.292 e. The molecule has 0 amide bonds. The van der Waals surface area contributed by atoms with E-state index in [1.54, 1.807) is 19.1 Å². The molecule has 0 aliphatic rings. The number of ketones is 1. The lowest BCUT2D eigenvalue weighted by Gasteiger charge is -2.04. The molecule has 0 aliphatic carbocycles. The Hall–Kier alpha value is -0.240. The van der Waals surface area contributed by atoms with Crippen LogP contribution in [0.4, 0.5) is 0 Å². The lowest BCUT2D eigenvalue weighted by Crippen LogP contribution is -2.10. The van der Waals surface area contributed by atoms with E-state index < -0.39 is 5.38 Å². The predicted molar refractivity (Wildman–Crippen MR) is 56.1 cm³/mol. The molecule has 0 N–H and O–H groups in total. The molecule has 0 fully saturated rings. The number of benzene rings is 1. The molecule has 1 aromatic carbocycles. The topological polar surface area (TPSA) is 17.1 Å². The first-order chi connectivity index (χ1) is 6.02. The number of carbonyl (C=O) groups excluding carboxylic acids is 1. The number of hydrogen-bond acceptors (Lipinski definition) is 1. The van der Waals surface area contributed by atoms with Gasteiger partial charge in [0.05, 0.1) is 10.4 Å². The van der Waals surface area contributed by atoms with E-state index in [1.807, 2.05) is 0 Å². The summed E-state index contributed by atoms with van der Waals surface area (Å²) >= 11 is 17.1. The second kappa shape index (κ2) is 4.32. The first-order valence-corrected chi connectivity index (χ1v) is 4.85. The maximum Gasteiger partial charge on any atom is 0.181 e. The second-order valence-electron chi connectivity index (χ2n) is 2.60. The quantitative estimate of drug-likeness (QED) is 0.565. The lowest BCUT2D eigenvalue weighted by molar-refractivity contribution is 0.0992. The fraction of sp³-hybridized carbons (Fsp3) is 0.222. The summed E-state index contributed by atoms with van der Waals surface area (Å²) in [6, 6.07) is 4.71. The Bertz CT molecular complexity index is 334. The summed E-state index contributed by atoms with van der Waals surface area (Å²) in [4.78, 5) is 11.4. The Morgan fingerprint density at radius 2 is 2.00 bits per heavy atom. The van der Waals surface area contributed by atoms with Crippen molar-refractivity contribution in [2.24, 2.45) is 0 Å². The van der Waals surface area contributed by atoms with E-state index in [2.05, 4.69) is 0 Å². The van der Waals surface area contributed by atoms with Crippen molar-refractivity contribution in [2.75, 3.05) is 0 Å². The maximum absolute atomic E-state index is 11.4. The van der Waals surface area contributed by atoms with Crippen LogP contribution in [-0.4, -0.2) is 11.2 Å². The van der Waals surface area contributed by atoms with Crippen LogP contribution in [0.3, 0.4) is 0 Å². The average molecular weight is 238 g/mol. The van der Waals surface area contributed by atoms with E-state index >= 15 is 0 Å². The highest BCUT2D eigenvalue weighted by atomic mass is 35.5. The van der Waals surface area contributed by atoms with E-state index in [-0.39, 0.29) is 5.78 Å². The number of alkyl halides is 1. The highest BCUT2D eigenvalue weighted by molar-refractivity contribution is 6.40. The molecule has 0 heterocycles. The van der Waals surface area contributed by atoms with Crippen LogP contribution in [0.2, 0.25) is 10.0 Å². The van der Waals surface area contributed by atoms with Gasteiger partial charge in [0.1, 0.15) is 0 Å². The summed E-state index contributed by atoms with van der Waals surface area (Å²) in [6.45, 7) is 1.61. The maximum atomic E-state index is 11.4. The van der Waals surface area contributed by atoms with Crippen LogP contribution < -0.4 is 0 Å². The van der Waals surface area contributed by atoms with Gasteiger partial charge in [-0.25, -0.2) is 0 Å². The van der Waals surface area contributed by atoms with Gasteiger partial charge in [-0.15, -0.1) is 11.6 Å². The molecule has 0 radical (unpaired) electrons. The summed E-state index contributed by atoms with van der Waals surface area (Å²) in [5.41, 5.74) is 0.411. The number of rotatable bonds is 2. The highest BCUT2D eigenvalue weighted by Crippen LogP contribution is 2.22. The highest BCUT2D eigenvalue weighted by Gasteiger charge is 2.15. The van der Waals surface area contributed by atoms with E-state index in [4.69, 9.17) is 34.8 Å². The van der Waals surface area contributed by atoms with Crippen molar-refractivity contribution in [3.05, 3.63) is 33.8 Å². The molecule has 1 unspecified atom stereocenters. The molecule has 4 heteroatoms. The van der Waals surface area contributed by atoms with E-state index in [0.29, 0.717) is 15.6 Å². The van der Waals surface area contributed by atoms with Crippen LogP contribution in [0.25, 0.3) is 0 Å². The van der Waals surface area contributed by atoms with Gasteiger partial charge in [-0.2, -0.15) is 0 Å². The molecule has 13 heavy (non-hydrogen) atoms. The van der Waals surface area contributed by atoms with Crippen molar-refractivity contribution in [3.8, 4) is 0 Å². The number of carbonyl (C=O) groups is 1. The third-order valence-electron chi connectivity index (χ3n) is 1.56. The van der Waals surface area contributed by atoms with Crippen LogP contribution >= 0.6 is 34.8 Å². The summed E-state index contributed by atoms with van der Waals surface area (Å²) in [5, 5.41) is 0.271. The zero-order valence-corrected chi connectivity index (χ0v) is 9.12. The minimum atomic E-state index is -0.571. The number of hydrogen-bond donors (Lipinski definition) is 0. The third-order valence-corrected chi connectivity index (χ3v) is 2.30. The zero-order valence-electron chi connectivity index (χ0n) is 6.85. The number of halogens is 3. The standard InChI is InChI=1S/C9H7Cl3O/c1-5(10)9(13)7-3-2-6(11)4-8(7)12/h2-5H,1H3. The van der Waals surface area contributed by atoms with Gasteiger partial charge in [0.15, 0.2) is 5.78 Å². The van der Waals surface area contributed by atoms with Gasteiger partial charge in [-0.3, -0.25) is 4.79 Å². The first-order valence-electron chi connectivity index (χ1n) is 3.65. The fourth-order valence-corrected chi connectivity index (χ4v) is 1.52. The van der Waals surface area contributed by atoms with Crippen LogP contribution in [-0.2, 0) is 0 Å². The minimum absolute atomic E-state index is 0.191. The third kappa shape index (κ3) is 2.60. The van der Waals surface area contributed by atoms with Crippen molar-refractivity contribution >= 4 is 40.6 Å². The van der Waals surface area contributed by atoms with Gasteiger partial charge in [0.25, 0.3) is 0 Å². The van der Waals surface area contributed by atoms with Crippen molar-refractivity contribution in [3.63, 3.8) is 0 Å². The Labute approximate surface area is 91.6 Å². The van der Waals surface area contributed by atoms with Gasteiger partial charge in [0, 0.05) is 10.6 Å². The average Bonchev–Trinajstić information content (AvgIpc) is 2.03. The van der Waals surface area contributed by atoms with Crippen molar-refractivity contribution < 1.29 is 4.79 Å². The molecule has 0 saturated carbocycles.